The van der Waals surface area contributed by atoms with Gasteiger partial charge in [-0.15, -0.1) is 0 Å². The third-order valence-corrected chi connectivity index (χ3v) is 5.00. The summed E-state index contributed by atoms with van der Waals surface area (Å²) in [7, 11) is 0. The molecule has 1 aromatic carbocycles. The minimum absolute atomic E-state index is 0.0635. The molecule has 2 aliphatic heterocycles. The van der Waals surface area contributed by atoms with E-state index in [1.54, 1.807) is 24.5 Å². The highest BCUT2D eigenvalue weighted by molar-refractivity contribution is 5.94. The number of hydrogen-bond acceptors (Lipinski definition) is 4. The Balaban J connectivity index is 1.48. The van der Waals surface area contributed by atoms with Crippen molar-refractivity contribution in [1.29, 1.82) is 0 Å². The lowest BCUT2D eigenvalue weighted by molar-refractivity contribution is 0.0703. The van der Waals surface area contributed by atoms with Gasteiger partial charge in [-0.3, -0.25) is 4.79 Å². The van der Waals surface area contributed by atoms with E-state index in [2.05, 4.69) is 14.9 Å². The first kappa shape index (κ1) is 15.1. The first-order valence-corrected chi connectivity index (χ1v) is 8.31. The summed E-state index contributed by atoms with van der Waals surface area (Å²) in [6.07, 6.45) is 5.37. The van der Waals surface area contributed by atoms with Crippen LogP contribution in [0.15, 0.2) is 42.7 Å². The van der Waals surface area contributed by atoms with Crippen molar-refractivity contribution < 1.29 is 9.18 Å². The molecule has 2 fully saturated rings. The largest absolute Gasteiger partial charge is 0.340 e. The van der Waals surface area contributed by atoms with Gasteiger partial charge >= 0.3 is 0 Å². The first-order chi connectivity index (χ1) is 11.7. The molecule has 0 aliphatic carbocycles. The van der Waals surface area contributed by atoms with E-state index >= 15 is 0 Å². The van der Waals surface area contributed by atoms with Gasteiger partial charge in [-0.25, -0.2) is 14.4 Å². The Morgan fingerprint density at radius 2 is 1.96 bits per heavy atom. The van der Waals surface area contributed by atoms with Crippen LogP contribution in [0.3, 0.4) is 0 Å². The molecule has 5 nitrogen and oxygen atoms in total. The summed E-state index contributed by atoms with van der Waals surface area (Å²) in [5.74, 6) is 0.741. The van der Waals surface area contributed by atoms with Crippen LogP contribution in [-0.2, 0) is 0 Å². The van der Waals surface area contributed by atoms with Crippen LogP contribution in [0.2, 0.25) is 0 Å². The molecule has 6 heteroatoms. The van der Waals surface area contributed by atoms with Gasteiger partial charge in [0, 0.05) is 43.6 Å². The van der Waals surface area contributed by atoms with Crippen molar-refractivity contribution in [2.24, 2.45) is 5.92 Å². The highest BCUT2D eigenvalue weighted by Gasteiger charge is 2.41. The molecule has 0 radical (unpaired) electrons. The summed E-state index contributed by atoms with van der Waals surface area (Å²) in [4.78, 5) is 25.5. The van der Waals surface area contributed by atoms with Gasteiger partial charge in [0.05, 0.1) is 0 Å². The number of anilines is 1. The molecule has 1 amide bonds. The van der Waals surface area contributed by atoms with Crippen molar-refractivity contribution in [2.75, 3.05) is 24.5 Å². The smallest absolute Gasteiger partial charge is 0.254 e. The van der Waals surface area contributed by atoms with Gasteiger partial charge in [-0.1, -0.05) is 6.07 Å². The standard InChI is InChI=1S/C18H19FN4O/c19-15-4-1-3-13(11-15)17(24)23-10-5-14-12-22(9-6-16(14)23)18-20-7-2-8-21-18/h1-4,7-8,11,14,16H,5-6,9-10,12H2/t14-,16+/m1/s1. The third-order valence-electron chi connectivity index (χ3n) is 5.00. The van der Waals surface area contributed by atoms with Crippen molar-refractivity contribution in [2.45, 2.75) is 18.9 Å². The molecule has 0 bridgehead atoms. The van der Waals surface area contributed by atoms with E-state index in [4.69, 9.17) is 0 Å². The van der Waals surface area contributed by atoms with Gasteiger partial charge in [0.2, 0.25) is 5.95 Å². The average molecular weight is 326 g/mol. The Labute approximate surface area is 140 Å². The predicted molar refractivity (Wildman–Crippen MR) is 88.2 cm³/mol. The normalized spacial score (nSPS) is 23.2. The summed E-state index contributed by atoms with van der Waals surface area (Å²) in [6, 6.07) is 7.99. The second kappa shape index (κ2) is 6.19. The molecule has 2 aromatic rings. The van der Waals surface area contributed by atoms with Crippen LogP contribution in [0.25, 0.3) is 0 Å². The van der Waals surface area contributed by atoms with E-state index in [1.807, 2.05) is 11.0 Å². The SMILES string of the molecule is O=C(c1cccc(F)c1)N1CC[C@@H]2CN(c3ncccn3)CC[C@@H]21. The van der Waals surface area contributed by atoms with Crippen LogP contribution in [-0.4, -0.2) is 46.5 Å². The van der Waals surface area contributed by atoms with Crippen molar-refractivity contribution in [3.05, 3.63) is 54.1 Å². The lowest BCUT2D eigenvalue weighted by atomic mass is 9.93. The number of carbonyl (C=O) groups excluding carboxylic acids is 1. The Morgan fingerprint density at radius 1 is 1.12 bits per heavy atom. The predicted octanol–water partition coefficient (Wildman–Crippen LogP) is 2.36. The fourth-order valence-corrected chi connectivity index (χ4v) is 3.86. The van der Waals surface area contributed by atoms with Gasteiger partial charge in [0.15, 0.2) is 0 Å². The van der Waals surface area contributed by atoms with Crippen molar-refractivity contribution in [3.63, 3.8) is 0 Å². The maximum absolute atomic E-state index is 13.4. The van der Waals surface area contributed by atoms with Crippen molar-refractivity contribution >= 4 is 11.9 Å². The first-order valence-electron chi connectivity index (χ1n) is 8.31. The number of likely N-dealkylation sites (tertiary alicyclic amines) is 1. The number of nitrogens with zero attached hydrogens (tertiary/aromatic N) is 4. The number of benzene rings is 1. The molecule has 2 aliphatic rings. The van der Waals surface area contributed by atoms with E-state index in [0.29, 0.717) is 11.5 Å². The molecule has 0 unspecified atom stereocenters. The lowest BCUT2D eigenvalue weighted by Gasteiger charge is -2.37. The quantitative estimate of drug-likeness (QED) is 0.850. The van der Waals surface area contributed by atoms with Crippen LogP contribution < -0.4 is 4.90 Å². The Bertz CT molecular complexity index is 739. The van der Waals surface area contributed by atoms with Gasteiger partial charge in [0.25, 0.3) is 5.91 Å². The minimum Gasteiger partial charge on any atom is -0.340 e. The maximum atomic E-state index is 13.4. The number of carbonyl (C=O) groups is 1. The number of fused-ring (bicyclic) bond motifs is 1. The maximum Gasteiger partial charge on any atom is 0.254 e. The van der Waals surface area contributed by atoms with Crippen LogP contribution in [0.4, 0.5) is 10.3 Å². The fraction of sp³-hybridized carbons (Fsp3) is 0.389. The van der Waals surface area contributed by atoms with Crippen LogP contribution in [0.1, 0.15) is 23.2 Å². The highest BCUT2D eigenvalue weighted by atomic mass is 19.1. The lowest BCUT2D eigenvalue weighted by Crippen LogP contribution is -2.48. The van der Waals surface area contributed by atoms with Crippen molar-refractivity contribution in [1.82, 2.24) is 14.9 Å². The molecule has 124 valence electrons. The Hall–Kier alpha value is -2.50. The highest BCUT2D eigenvalue weighted by Crippen LogP contribution is 2.33. The van der Waals surface area contributed by atoms with Crippen LogP contribution >= 0.6 is 0 Å². The Morgan fingerprint density at radius 3 is 2.75 bits per heavy atom. The van der Waals surface area contributed by atoms with Gasteiger partial charge in [0.1, 0.15) is 5.82 Å². The number of halogens is 1. The van der Waals surface area contributed by atoms with Gasteiger partial charge < -0.3 is 9.80 Å². The molecule has 2 atom stereocenters. The number of piperidine rings is 1. The minimum atomic E-state index is -0.368. The van der Waals surface area contributed by atoms with Crippen molar-refractivity contribution in [3.8, 4) is 0 Å². The third kappa shape index (κ3) is 2.72. The zero-order valence-corrected chi connectivity index (χ0v) is 13.3. The number of amides is 1. The number of rotatable bonds is 2. The summed E-state index contributed by atoms with van der Waals surface area (Å²) in [6.45, 7) is 2.42. The summed E-state index contributed by atoms with van der Waals surface area (Å²) in [5.41, 5.74) is 0.435. The molecular weight excluding hydrogens is 307 g/mol. The summed E-state index contributed by atoms with van der Waals surface area (Å²) >= 11 is 0. The topological polar surface area (TPSA) is 49.3 Å². The molecule has 0 N–H and O–H groups in total. The monoisotopic (exact) mass is 326 g/mol. The second-order valence-corrected chi connectivity index (χ2v) is 6.41. The zero-order chi connectivity index (χ0) is 16.5. The van der Waals surface area contributed by atoms with Crippen LogP contribution in [0.5, 0.6) is 0 Å². The molecule has 0 spiro atoms. The molecule has 2 saturated heterocycles. The van der Waals surface area contributed by atoms with E-state index < -0.39 is 0 Å². The van der Waals surface area contributed by atoms with Gasteiger partial charge in [-0.05, 0) is 43.0 Å². The van der Waals surface area contributed by atoms with E-state index in [9.17, 15) is 9.18 Å². The molecular formula is C18H19FN4O. The fourth-order valence-electron chi connectivity index (χ4n) is 3.86. The molecule has 3 heterocycles. The summed E-state index contributed by atoms with van der Waals surface area (Å²) < 4.78 is 13.4. The summed E-state index contributed by atoms with van der Waals surface area (Å²) in [5, 5.41) is 0. The van der Waals surface area contributed by atoms with E-state index in [1.165, 1.54) is 12.1 Å². The second-order valence-electron chi connectivity index (χ2n) is 6.41. The molecule has 24 heavy (non-hydrogen) atoms. The van der Waals surface area contributed by atoms with Crippen LogP contribution in [0, 0.1) is 11.7 Å². The van der Waals surface area contributed by atoms with E-state index in [0.717, 1.165) is 38.4 Å². The Kier molecular flexibility index (Phi) is 3.88. The number of hydrogen-bond donors (Lipinski definition) is 0. The average Bonchev–Trinajstić information content (AvgIpc) is 3.05. The van der Waals surface area contributed by atoms with E-state index in [-0.39, 0.29) is 17.8 Å². The molecule has 0 saturated carbocycles. The molecule has 4 rings (SSSR count). The van der Waals surface area contributed by atoms with Gasteiger partial charge in [-0.2, -0.15) is 0 Å². The number of aromatic nitrogens is 2. The molecule has 1 aromatic heterocycles. The zero-order valence-electron chi connectivity index (χ0n) is 13.3.